The predicted molar refractivity (Wildman–Crippen MR) is 82.1 cm³/mol. The Labute approximate surface area is 135 Å². The lowest BCUT2D eigenvalue weighted by molar-refractivity contribution is -0.133. The first-order valence-corrected chi connectivity index (χ1v) is 8.05. The smallest absolute Gasteiger partial charge is 0.313 e. The van der Waals surface area contributed by atoms with E-state index >= 15 is 0 Å². The lowest BCUT2D eigenvalue weighted by Crippen LogP contribution is -2.03. The molecule has 110 valence electrons. The molecule has 0 unspecified atom stereocenters. The number of carbonyl (C=O) groups is 1. The van der Waals surface area contributed by atoms with Crippen LogP contribution in [0.4, 0.5) is 0 Å². The number of hydrogen-bond donors (Lipinski definition) is 1. The molecule has 1 aliphatic carbocycles. The van der Waals surface area contributed by atoms with Crippen molar-refractivity contribution in [2.24, 2.45) is 0 Å². The number of aliphatic carboxylic acids is 1. The molecule has 21 heavy (non-hydrogen) atoms. The molecule has 1 aromatic carbocycles. The number of halogens is 2. The summed E-state index contributed by atoms with van der Waals surface area (Å²) in [6.07, 6.45) is 2.08. The molecule has 8 heteroatoms. The molecule has 0 aliphatic heterocycles. The third-order valence-electron chi connectivity index (χ3n) is 3.07. The third-order valence-corrected chi connectivity index (χ3v) is 4.55. The Balaban J connectivity index is 2.00. The van der Waals surface area contributed by atoms with Gasteiger partial charge in [-0.1, -0.05) is 35.0 Å². The Morgan fingerprint density at radius 1 is 1.38 bits per heavy atom. The highest BCUT2D eigenvalue weighted by Gasteiger charge is 2.30. The zero-order chi connectivity index (χ0) is 15.0. The number of hydrogen-bond acceptors (Lipinski definition) is 4. The molecule has 3 rings (SSSR count). The van der Waals surface area contributed by atoms with E-state index in [9.17, 15) is 4.79 Å². The number of carboxylic acid groups (broad SMARTS) is 1. The van der Waals surface area contributed by atoms with Gasteiger partial charge in [0.15, 0.2) is 11.0 Å². The summed E-state index contributed by atoms with van der Waals surface area (Å²) in [5.41, 5.74) is 0.752. The maximum absolute atomic E-state index is 10.7. The van der Waals surface area contributed by atoms with Crippen LogP contribution in [-0.2, 0) is 4.79 Å². The van der Waals surface area contributed by atoms with Crippen LogP contribution in [0.25, 0.3) is 11.4 Å². The Morgan fingerprint density at radius 3 is 2.76 bits per heavy atom. The maximum Gasteiger partial charge on any atom is 0.313 e. The molecular weight excluding hydrogens is 333 g/mol. The van der Waals surface area contributed by atoms with Gasteiger partial charge < -0.3 is 5.11 Å². The van der Waals surface area contributed by atoms with Crippen LogP contribution in [0.1, 0.15) is 18.9 Å². The van der Waals surface area contributed by atoms with Gasteiger partial charge in [-0.15, -0.1) is 10.2 Å². The minimum absolute atomic E-state index is 0.0425. The molecule has 0 bridgehead atoms. The summed E-state index contributed by atoms with van der Waals surface area (Å²) in [4.78, 5) is 10.7. The van der Waals surface area contributed by atoms with Crippen LogP contribution < -0.4 is 0 Å². The van der Waals surface area contributed by atoms with Crippen molar-refractivity contribution in [3.8, 4) is 11.4 Å². The normalized spacial score (nSPS) is 14.4. The molecular formula is C13H11Cl2N3O2S. The molecule has 0 saturated heterocycles. The fourth-order valence-electron chi connectivity index (χ4n) is 2.02. The van der Waals surface area contributed by atoms with Crippen LogP contribution >= 0.6 is 35.0 Å². The lowest BCUT2D eigenvalue weighted by atomic mass is 10.2. The van der Waals surface area contributed by atoms with E-state index in [0.29, 0.717) is 27.1 Å². The van der Waals surface area contributed by atoms with Gasteiger partial charge >= 0.3 is 5.97 Å². The molecule has 5 nitrogen and oxygen atoms in total. The minimum atomic E-state index is -0.878. The molecule has 0 amide bonds. The summed E-state index contributed by atoms with van der Waals surface area (Å²) < 4.78 is 1.97. The number of rotatable bonds is 5. The van der Waals surface area contributed by atoms with Gasteiger partial charge in [-0.2, -0.15) is 0 Å². The van der Waals surface area contributed by atoms with E-state index in [1.165, 1.54) is 11.8 Å². The molecule has 0 atom stereocenters. The van der Waals surface area contributed by atoms with Crippen LogP contribution in [0.5, 0.6) is 0 Å². The number of thioether (sulfide) groups is 1. The summed E-state index contributed by atoms with van der Waals surface area (Å²) in [7, 11) is 0. The van der Waals surface area contributed by atoms with Crippen molar-refractivity contribution in [1.29, 1.82) is 0 Å². The van der Waals surface area contributed by atoms with Crippen molar-refractivity contribution in [1.82, 2.24) is 14.8 Å². The Kier molecular flexibility index (Phi) is 4.10. The van der Waals surface area contributed by atoms with Crippen LogP contribution in [0.15, 0.2) is 23.4 Å². The van der Waals surface area contributed by atoms with Crippen LogP contribution in [0, 0.1) is 0 Å². The van der Waals surface area contributed by atoms with Gasteiger partial charge in [0.1, 0.15) is 0 Å². The molecule has 1 heterocycles. The average molecular weight is 344 g/mol. The lowest BCUT2D eigenvalue weighted by Gasteiger charge is -2.09. The number of aromatic nitrogens is 3. The van der Waals surface area contributed by atoms with Crippen molar-refractivity contribution in [3.05, 3.63) is 28.2 Å². The maximum atomic E-state index is 10.7. The fourth-order valence-corrected chi connectivity index (χ4v) is 3.24. The minimum Gasteiger partial charge on any atom is -0.481 e. The average Bonchev–Trinajstić information content (AvgIpc) is 3.17. The predicted octanol–water partition coefficient (Wildman–Crippen LogP) is 3.76. The van der Waals surface area contributed by atoms with Crippen LogP contribution in [-0.4, -0.2) is 31.6 Å². The third kappa shape index (κ3) is 3.17. The number of nitrogens with zero attached hydrogens (tertiary/aromatic N) is 3. The largest absolute Gasteiger partial charge is 0.481 e. The van der Waals surface area contributed by atoms with Crippen LogP contribution in [0.2, 0.25) is 10.0 Å². The number of carboxylic acids is 1. The van der Waals surface area contributed by atoms with Crippen molar-refractivity contribution < 1.29 is 9.90 Å². The van der Waals surface area contributed by atoms with Crippen molar-refractivity contribution >= 4 is 40.9 Å². The van der Waals surface area contributed by atoms with E-state index in [2.05, 4.69) is 10.2 Å². The highest BCUT2D eigenvalue weighted by atomic mass is 35.5. The van der Waals surface area contributed by atoms with Gasteiger partial charge in [-0.25, -0.2) is 0 Å². The van der Waals surface area contributed by atoms with Crippen LogP contribution in [0.3, 0.4) is 0 Å². The van der Waals surface area contributed by atoms with E-state index in [4.69, 9.17) is 28.3 Å². The van der Waals surface area contributed by atoms with Gasteiger partial charge in [0.2, 0.25) is 0 Å². The summed E-state index contributed by atoms with van der Waals surface area (Å²) in [5, 5.41) is 18.8. The topological polar surface area (TPSA) is 68.0 Å². The molecule has 1 aromatic heterocycles. The standard InChI is InChI=1S/C13H11Cl2N3O2S/c14-7-1-4-9(10(15)5-7)12-16-17-13(21-6-11(19)20)18(12)8-2-3-8/h1,4-5,8H,2-3,6H2,(H,19,20). The summed E-state index contributed by atoms with van der Waals surface area (Å²) in [6.45, 7) is 0. The van der Waals surface area contributed by atoms with Gasteiger partial charge in [0.05, 0.1) is 10.8 Å². The van der Waals surface area contributed by atoms with E-state index in [1.807, 2.05) is 4.57 Å². The Bertz CT molecular complexity index is 701. The van der Waals surface area contributed by atoms with Gasteiger partial charge in [0, 0.05) is 16.6 Å². The highest BCUT2D eigenvalue weighted by Crippen LogP contribution is 2.42. The zero-order valence-corrected chi connectivity index (χ0v) is 13.1. The van der Waals surface area contributed by atoms with Gasteiger partial charge in [-0.05, 0) is 31.0 Å². The summed E-state index contributed by atoms with van der Waals surface area (Å²) >= 11 is 13.3. The second kappa shape index (κ2) is 5.87. The summed E-state index contributed by atoms with van der Waals surface area (Å²) in [6, 6.07) is 5.53. The quantitative estimate of drug-likeness (QED) is 0.837. The molecule has 1 saturated carbocycles. The van der Waals surface area contributed by atoms with Crippen molar-refractivity contribution in [3.63, 3.8) is 0 Å². The van der Waals surface area contributed by atoms with Gasteiger partial charge in [-0.3, -0.25) is 9.36 Å². The van der Waals surface area contributed by atoms with Gasteiger partial charge in [0.25, 0.3) is 0 Å². The molecule has 0 radical (unpaired) electrons. The number of benzene rings is 1. The molecule has 1 fully saturated rings. The SMILES string of the molecule is O=C(O)CSc1nnc(-c2ccc(Cl)cc2Cl)n1C1CC1. The molecule has 0 spiro atoms. The van der Waals surface area contributed by atoms with E-state index in [-0.39, 0.29) is 5.75 Å². The second-order valence-corrected chi connectivity index (χ2v) is 6.50. The molecule has 1 aliphatic rings. The van der Waals surface area contributed by atoms with E-state index in [0.717, 1.165) is 18.4 Å². The van der Waals surface area contributed by atoms with E-state index in [1.54, 1.807) is 18.2 Å². The fraction of sp³-hybridized carbons (Fsp3) is 0.308. The zero-order valence-electron chi connectivity index (χ0n) is 10.8. The van der Waals surface area contributed by atoms with E-state index < -0.39 is 5.97 Å². The monoisotopic (exact) mass is 343 g/mol. The first-order chi connectivity index (χ1) is 10.1. The highest BCUT2D eigenvalue weighted by molar-refractivity contribution is 7.99. The molecule has 1 N–H and O–H groups in total. The first kappa shape index (κ1) is 14.7. The Morgan fingerprint density at radius 2 is 2.14 bits per heavy atom. The summed E-state index contributed by atoms with van der Waals surface area (Å²) in [5.74, 6) is -0.261. The van der Waals surface area contributed by atoms with Crippen molar-refractivity contribution in [2.45, 2.75) is 24.0 Å². The molecule has 2 aromatic rings. The first-order valence-electron chi connectivity index (χ1n) is 6.31. The van der Waals surface area contributed by atoms with Crippen molar-refractivity contribution in [2.75, 3.05) is 5.75 Å². The second-order valence-electron chi connectivity index (χ2n) is 4.71. The Hall–Kier alpha value is -1.24.